The van der Waals surface area contributed by atoms with Crippen LogP contribution in [0.2, 0.25) is 5.02 Å². The number of pyridine rings is 1. The maximum absolute atomic E-state index is 6.33. The molecule has 0 aliphatic rings. The largest absolute Gasteiger partial charge is 0.340 e. The van der Waals surface area contributed by atoms with E-state index in [1.54, 1.807) is 6.20 Å². The molecule has 3 aromatic rings. The van der Waals surface area contributed by atoms with E-state index in [1.807, 2.05) is 72.9 Å². The zero-order valence-electron chi connectivity index (χ0n) is 13.6. The number of para-hydroxylation sites is 1. The summed E-state index contributed by atoms with van der Waals surface area (Å²) in [6.07, 6.45) is 3.62. The van der Waals surface area contributed by atoms with Gasteiger partial charge >= 0.3 is 0 Å². The van der Waals surface area contributed by atoms with Crippen LogP contribution in [0.25, 0.3) is 0 Å². The van der Waals surface area contributed by atoms with Crippen molar-refractivity contribution in [2.45, 2.75) is 13.1 Å². The molecule has 1 aromatic heterocycles. The standard InChI is InChI=1S/C20H18ClN3S/c21-19-11-5-4-8-17(19)15-24(14-16-7-6-12-22-13-16)20(25)23-18-9-2-1-3-10-18/h1-13H,14-15H2,(H,23,25). The van der Waals surface area contributed by atoms with E-state index in [1.165, 1.54) is 0 Å². The summed E-state index contributed by atoms with van der Waals surface area (Å²) >= 11 is 12.0. The van der Waals surface area contributed by atoms with Gasteiger partial charge in [0.15, 0.2) is 5.11 Å². The van der Waals surface area contributed by atoms with E-state index >= 15 is 0 Å². The smallest absolute Gasteiger partial charge is 0.174 e. The number of hydrogen-bond donors (Lipinski definition) is 1. The van der Waals surface area contributed by atoms with E-state index in [2.05, 4.69) is 15.2 Å². The van der Waals surface area contributed by atoms with Gasteiger partial charge < -0.3 is 10.2 Å². The van der Waals surface area contributed by atoms with Crippen LogP contribution in [-0.4, -0.2) is 15.0 Å². The van der Waals surface area contributed by atoms with Crippen molar-refractivity contribution >= 4 is 34.6 Å². The van der Waals surface area contributed by atoms with Crippen molar-refractivity contribution in [3.63, 3.8) is 0 Å². The fourth-order valence-corrected chi connectivity index (χ4v) is 2.91. The molecule has 3 nitrogen and oxygen atoms in total. The topological polar surface area (TPSA) is 28.2 Å². The van der Waals surface area contributed by atoms with E-state index in [0.29, 0.717) is 18.2 Å². The Morgan fingerprint density at radius 1 is 0.960 bits per heavy atom. The second-order valence-electron chi connectivity index (χ2n) is 5.60. The lowest BCUT2D eigenvalue weighted by Crippen LogP contribution is -2.34. The van der Waals surface area contributed by atoms with Crippen LogP contribution in [0.1, 0.15) is 11.1 Å². The lowest BCUT2D eigenvalue weighted by atomic mass is 10.2. The third-order valence-corrected chi connectivity index (χ3v) is 4.46. The maximum atomic E-state index is 6.33. The first-order chi connectivity index (χ1) is 12.2. The minimum absolute atomic E-state index is 0.618. The van der Waals surface area contributed by atoms with Crippen LogP contribution >= 0.6 is 23.8 Å². The molecule has 0 saturated carbocycles. The van der Waals surface area contributed by atoms with Crippen LogP contribution in [0.3, 0.4) is 0 Å². The normalized spacial score (nSPS) is 10.3. The molecule has 0 aliphatic carbocycles. The Hall–Kier alpha value is -2.43. The molecule has 1 heterocycles. The van der Waals surface area contributed by atoms with Gasteiger partial charge in [-0.2, -0.15) is 0 Å². The molecule has 0 radical (unpaired) electrons. The molecular formula is C20H18ClN3S. The Morgan fingerprint density at radius 2 is 1.72 bits per heavy atom. The molecule has 3 rings (SSSR count). The number of anilines is 1. The molecule has 0 fully saturated rings. The quantitative estimate of drug-likeness (QED) is 0.632. The van der Waals surface area contributed by atoms with Gasteiger partial charge in [-0.05, 0) is 47.6 Å². The summed E-state index contributed by atoms with van der Waals surface area (Å²) < 4.78 is 0. The van der Waals surface area contributed by atoms with Crippen molar-refractivity contribution in [1.82, 2.24) is 9.88 Å². The first kappa shape index (κ1) is 17.4. The molecule has 126 valence electrons. The minimum Gasteiger partial charge on any atom is -0.340 e. The summed E-state index contributed by atoms with van der Waals surface area (Å²) in [7, 11) is 0. The molecule has 25 heavy (non-hydrogen) atoms. The number of rotatable bonds is 5. The Balaban J connectivity index is 1.80. The van der Waals surface area contributed by atoms with E-state index < -0.39 is 0 Å². The van der Waals surface area contributed by atoms with E-state index in [0.717, 1.165) is 21.8 Å². The van der Waals surface area contributed by atoms with Crippen molar-refractivity contribution in [3.05, 3.63) is 95.3 Å². The monoisotopic (exact) mass is 367 g/mol. The third-order valence-electron chi connectivity index (χ3n) is 3.73. The molecule has 0 atom stereocenters. The first-order valence-corrected chi connectivity index (χ1v) is 8.74. The second-order valence-corrected chi connectivity index (χ2v) is 6.40. The average Bonchev–Trinajstić information content (AvgIpc) is 2.64. The van der Waals surface area contributed by atoms with Crippen molar-refractivity contribution in [3.8, 4) is 0 Å². The molecule has 0 spiro atoms. The number of nitrogens with zero attached hydrogens (tertiary/aromatic N) is 2. The Labute approximate surface area is 158 Å². The van der Waals surface area contributed by atoms with Crippen molar-refractivity contribution in [2.75, 3.05) is 5.32 Å². The molecule has 2 aromatic carbocycles. The number of benzene rings is 2. The highest BCUT2D eigenvalue weighted by molar-refractivity contribution is 7.80. The molecule has 5 heteroatoms. The lowest BCUT2D eigenvalue weighted by molar-refractivity contribution is 0.412. The Bertz CT molecular complexity index is 825. The number of aromatic nitrogens is 1. The predicted octanol–water partition coefficient (Wildman–Crippen LogP) is 5.13. The van der Waals surface area contributed by atoms with Crippen LogP contribution in [-0.2, 0) is 13.1 Å². The molecule has 0 amide bonds. The van der Waals surface area contributed by atoms with Crippen LogP contribution in [0.4, 0.5) is 5.69 Å². The van der Waals surface area contributed by atoms with Crippen molar-refractivity contribution in [2.24, 2.45) is 0 Å². The zero-order valence-corrected chi connectivity index (χ0v) is 15.2. The van der Waals surface area contributed by atoms with Crippen LogP contribution < -0.4 is 5.32 Å². The zero-order chi connectivity index (χ0) is 17.5. The number of thiocarbonyl (C=S) groups is 1. The summed E-state index contributed by atoms with van der Waals surface area (Å²) in [5.41, 5.74) is 3.08. The number of hydrogen-bond acceptors (Lipinski definition) is 2. The van der Waals surface area contributed by atoms with Gasteiger partial charge in [-0.15, -0.1) is 0 Å². The van der Waals surface area contributed by atoms with E-state index in [-0.39, 0.29) is 0 Å². The average molecular weight is 368 g/mol. The van der Waals surface area contributed by atoms with Gasteiger partial charge in [0, 0.05) is 36.2 Å². The van der Waals surface area contributed by atoms with Crippen LogP contribution in [0.5, 0.6) is 0 Å². The number of halogens is 1. The Morgan fingerprint density at radius 3 is 2.44 bits per heavy atom. The summed E-state index contributed by atoms with van der Waals surface area (Å²) in [5.74, 6) is 0. The summed E-state index contributed by atoms with van der Waals surface area (Å²) in [4.78, 5) is 6.27. The van der Waals surface area contributed by atoms with Crippen LogP contribution in [0, 0.1) is 0 Å². The fourth-order valence-electron chi connectivity index (χ4n) is 2.47. The van der Waals surface area contributed by atoms with Gasteiger partial charge in [0.1, 0.15) is 0 Å². The molecule has 1 N–H and O–H groups in total. The summed E-state index contributed by atoms with van der Waals surface area (Å²) in [6.45, 7) is 1.27. The second kappa shape index (κ2) is 8.60. The van der Waals surface area contributed by atoms with Gasteiger partial charge in [0.05, 0.1) is 0 Å². The number of nitrogens with one attached hydrogen (secondary N) is 1. The van der Waals surface area contributed by atoms with Crippen molar-refractivity contribution < 1.29 is 0 Å². The highest BCUT2D eigenvalue weighted by Crippen LogP contribution is 2.19. The van der Waals surface area contributed by atoms with Gasteiger partial charge in [0.2, 0.25) is 0 Å². The van der Waals surface area contributed by atoms with Gasteiger partial charge in [-0.3, -0.25) is 4.98 Å². The summed E-state index contributed by atoms with van der Waals surface area (Å²) in [5, 5.41) is 4.68. The molecule has 0 unspecified atom stereocenters. The third kappa shape index (κ3) is 5.02. The molecular weight excluding hydrogens is 350 g/mol. The first-order valence-electron chi connectivity index (χ1n) is 7.95. The Kier molecular flexibility index (Phi) is 5.99. The highest BCUT2D eigenvalue weighted by Gasteiger charge is 2.13. The van der Waals surface area contributed by atoms with Crippen molar-refractivity contribution in [1.29, 1.82) is 0 Å². The minimum atomic E-state index is 0.618. The van der Waals surface area contributed by atoms with Crippen LogP contribution in [0.15, 0.2) is 79.1 Å². The van der Waals surface area contributed by atoms with Gasteiger partial charge in [-0.1, -0.05) is 54.1 Å². The highest BCUT2D eigenvalue weighted by atomic mass is 35.5. The van der Waals surface area contributed by atoms with E-state index in [4.69, 9.17) is 23.8 Å². The fraction of sp³-hybridized carbons (Fsp3) is 0.100. The maximum Gasteiger partial charge on any atom is 0.174 e. The predicted molar refractivity (Wildman–Crippen MR) is 108 cm³/mol. The molecule has 0 aliphatic heterocycles. The van der Waals surface area contributed by atoms with E-state index in [9.17, 15) is 0 Å². The molecule has 0 bridgehead atoms. The molecule has 0 saturated heterocycles. The van der Waals surface area contributed by atoms with Gasteiger partial charge in [-0.25, -0.2) is 0 Å². The SMILES string of the molecule is S=C(Nc1ccccc1)N(Cc1cccnc1)Cc1ccccc1Cl. The summed E-state index contributed by atoms with van der Waals surface area (Å²) in [6, 6.07) is 21.7. The van der Waals surface area contributed by atoms with Gasteiger partial charge in [0.25, 0.3) is 0 Å². The lowest BCUT2D eigenvalue weighted by Gasteiger charge is -2.26.